The molecule has 1 N–H and O–H groups in total. The number of hydrogen-bond donors (Lipinski definition) is 1. The van der Waals surface area contributed by atoms with Crippen LogP contribution in [0.2, 0.25) is 0 Å². The molecular weight excluding hydrogens is 1300 g/mol. The summed E-state index contributed by atoms with van der Waals surface area (Å²) in [6.45, 7) is 0.0973. The quantitative estimate of drug-likeness (QED) is 0.0307. The Morgan fingerprint density at radius 3 is 1.10 bits per heavy atom. The average molecular weight is 1380 g/mol. The van der Waals surface area contributed by atoms with Gasteiger partial charge in [-0.05, 0) is 63.2 Å². The van der Waals surface area contributed by atoms with E-state index < -0.39 is 110 Å². The van der Waals surface area contributed by atoms with Gasteiger partial charge in [-0.2, -0.15) is 0 Å². The molecule has 102 heavy (non-hydrogen) atoms. The molecule has 0 spiro atoms. The maximum atomic E-state index is 15.3. The van der Waals surface area contributed by atoms with Crippen molar-refractivity contribution in [2.24, 2.45) is 0 Å². The van der Waals surface area contributed by atoms with Gasteiger partial charge in [0.05, 0.1) is 82.8 Å². The maximum absolute atomic E-state index is 15.3. The van der Waals surface area contributed by atoms with Crippen LogP contribution >= 0.6 is 0 Å². The molecular formula is C83H83NO18. The summed E-state index contributed by atoms with van der Waals surface area (Å²) in [6.07, 6.45) is -18.5. The number of amides is 2. The van der Waals surface area contributed by atoms with Crippen LogP contribution < -0.4 is 0 Å². The zero-order chi connectivity index (χ0) is 69.8. The monoisotopic (exact) mass is 1380 g/mol. The molecule has 19 nitrogen and oxygen atoms in total. The number of hydrogen-bond acceptors (Lipinski definition) is 18. The molecule has 3 fully saturated rings. The molecule has 9 aromatic rings. The highest BCUT2D eigenvalue weighted by atomic mass is 16.8. The van der Waals surface area contributed by atoms with E-state index in [0.29, 0.717) is 0 Å². The first-order chi connectivity index (χ1) is 50.2. The van der Waals surface area contributed by atoms with Crippen molar-refractivity contribution in [3.8, 4) is 0 Å². The van der Waals surface area contributed by atoms with E-state index in [2.05, 4.69) is 0 Å². The summed E-state index contributed by atoms with van der Waals surface area (Å²) in [6, 6.07) is 80.3. The number of aliphatic hydroxyl groups is 1. The summed E-state index contributed by atoms with van der Waals surface area (Å²) in [5.74, 6) is -2.37. The summed E-state index contributed by atoms with van der Waals surface area (Å²) in [7, 11) is 1.55. The number of aliphatic hydroxyl groups excluding tert-OH is 1. The molecule has 0 aromatic heterocycles. The molecule has 0 saturated carbocycles. The molecule has 0 aliphatic carbocycles. The van der Waals surface area contributed by atoms with Gasteiger partial charge < -0.3 is 71.4 Å². The lowest BCUT2D eigenvalue weighted by atomic mass is 9.93. The largest absolute Gasteiger partial charge is 0.453 e. The van der Waals surface area contributed by atoms with E-state index in [-0.39, 0.29) is 82.8 Å². The molecule has 9 aromatic carbocycles. The Bertz CT molecular complexity index is 3990. The minimum absolute atomic E-state index is 0.00822. The smallest absolute Gasteiger partial charge is 0.338 e. The van der Waals surface area contributed by atoms with Crippen molar-refractivity contribution in [2.45, 2.75) is 138 Å². The third kappa shape index (κ3) is 18.1. The number of esters is 1. The van der Waals surface area contributed by atoms with E-state index in [4.69, 9.17) is 66.3 Å². The lowest BCUT2D eigenvalue weighted by molar-refractivity contribution is -0.389. The fourth-order valence-corrected chi connectivity index (χ4v) is 13.2. The van der Waals surface area contributed by atoms with Crippen molar-refractivity contribution in [3.05, 3.63) is 323 Å². The van der Waals surface area contributed by atoms with E-state index >= 15 is 9.59 Å². The summed E-state index contributed by atoms with van der Waals surface area (Å²) < 4.78 is 98.2. The van der Waals surface area contributed by atoms with Gasteiger partial charge in [0.2, 0.25) is 0 Å². The number of imide groups is 1. The Morgan fingerprint density at radius 2 is 0.676 bits per heavy atom. The number of methoxy groups -OCH3 is 1. The molecule has 0 radical (unpaired) electrons. The number of carbonyl (C=O) groups excluding carboxylic acids is 3. The summed E-state index contributed by atoms with van der Waals surface area (Å²) in [4.78, 5) is 46.3. The zero-order valence-corrected chi connectivity index (χ0v) is 56.5. The first-order valence-electron chi connectivity index (χ1n) is 34.4. The molecule has 15 atom stereocenters. The Kier molecular flexibility index (Phi) is 25.0. The number of rotatable bonds is 32. The zero-order valence-electron chi connectivity index (χ0n) is 56.5. The number of benzene rings is 9. The fourth-order valence-electron chi connectivity index (χ4n) is 13.2. The highest BCUT2D eigenvalue weighted by Crippen LogP contribution is 2.41. The summed E-state index contributed by atoms with van der Waals surface area (Å²) >= 11 is 0. The van der Waals surface area contributed by atoms with Crippen LogP contribution in [0, 0.1) is 0 Å². The predicted molar refractivity (Wildman–Crippen MR) is 373 cm³/mol. The SMILES string of the molecule is CO[C@@H]1O[C@H](COCc2ccccc2)[C@@H](O[C@@H]2O[C@H](COCc3ccccc3)[C@H](OCc3ccccc3)[C@H](O[C@@H]3O[C@H](COCc4ccccc4)[C@@H](O)[C@H](OC(=O)c4ccccc4)[C@H]3N3C(=O)c4ccccc4C3=O)[C@H]2OCc2ccccc2)[C@H](OCc2ccccc2)[C@H]1OCc1ccccc1. The molecule has 4 aliphatic heterocycles. The van der Waals surface area contributed by atoms with Gasteiger partial charge in [0.15, 0.2) is 25.0 Å². The second-order valence-electron chi connectivity index (χ2n) is 25.4. The van der Waals surface area contributed by atoms with E-state index in [1.165, 1.54) is 12.1 Å². The fraction of sp³-hybridized carbons (Fsp3) is 0.313. The number of ether oxygens (including phenoxy) is 14. The second-order valence-corrected chi connectivity index (χ2v) is 25.4. The van der Waals surface area contributed by atoms with Crippen LogP contribution in [0.15, 0.2) is 267 Å². The van der Waals surface area contributed by atoms with Gasteiger partial charge in [-0.1, -0.05) is 243 Å². The van der Waals surface area contributed by atoms with Crippen molar-refractivity contribution in [1.29, 1.82) is 0 Å². The van der Waals surface area contributed by atoms with Crippen molar-refractivity contribution >= 4 is 17.8 Å². The minimum Gasteiger partial charge on any atom is -0.453 e. The van der Waals surface area contributed by atoms with Crippen LogP contribution in [0.25, 0.3) is 0 Å². The molecule has 19 heteroatoms. The van der Waals surface area contributed by atoms with Crippen molar-refractivity contribution < 1.29 is 85.8 Å². The Morgan fingerprint density at radius 1 is 0.353 bits per heavy atom. The molecule has 0 unspecified atom stereocenters. The van der Waals surface area contributed by atoms with Gasteiger partial charge in [-0.25, -0.2) is 4.79 Å². The van der Waals surface area contributed by atoms with E-state index in [9.17, 15) is 9.90 Å². The third-order valence-electron chi connectivity index (χ3n) is 18.3. The Balaban J connectivity index is 0.963. The topological polar surface area (TPSA) is 204 Å². The predicted octanol–water partition coefficient (Wildman–Crippen LogP) is 11.8. The van der Waals surface area contributed by atoms with Crippen LogP contribution in [0.5, 0.6) is 0 Å². The third-order valence-corrected chi connectivity index (χ3v) is 18.3. The molecule has 0 bridgehead atoms. The van der Waals surface area contributed by atoms with Gasteiger partial charge in [-0.15, -0.1) is 0 Å². The van der Waals surface area contributed by atoms with Gasteiger partial charge in [0.1, 0.15) is 67.1 Å². The molecule has 4 heterocycles. The average Bonchev–Trinajstić information content (AvgIpc) is 1.48. The van der Waals surface area contributed by atoms with Crippen LogP contribution in [0.4, 0.5) is 0 Å². The van der Waals surface area contributed by atoms with Crippen LogP contribution in [-0.4, -0.2) is 147 Å². The standard InChI is InChI=1S/C83H83NO18/c1-89-82-76(95-51-61-38-20-7-21-39-61)74(94-50-60-36-18-6-19-37-60)72(68(98-82)55-92-48-58-32-14-4-15-33-58)101-83-77(96-52-62-40-22-8-23-41-62)75(71(93-49-59-34-16-5-17-35-59)67(99-83)54-91-47-57-30-12-3-13-31-57)102-81-69(84-78(86)64-44-26-27-45-65(64)79(84)87)73(100-80(88)63-42-24-9-25-43-63)70(85)66(97-81)53-90-46-56-28-10-2-11-29-56/h2-45,66-77,81-83,85H,46-55H2,1H3/t66-,67-,68-,69-,70-,71+,72-,73-,74+,75+,76-,77-,81+,82-,83+/m1/s1. The van der Waals surface area contributed by atoms with E-state index in [0.717, 1.165) is 43.8 Å². The van der Waals surface area contributed by atoms with Gasteiger partial charge in [-0.3, -0.25) is 14.5 Å². The van der Waals surface area contributed by atoms with Crippen molar-refractivity contribution in [2.75, 3.05) is 26.9 Å². The van der Waals surface area contributed by atoms with E-state index in [1.807, 2.05) is 212 Å². The number of fused-ring (bicyclic) bond motifs is 1. The van der Waals surface area contributed by atoms with Gasteiger partial charge >= 0.3 is 5.97 Å². The number of carbonyl (C=O) groups is 3. The lowest BCUT2D eigenvalue weighted by Gasteiger charge is -2.52. The summed E-state index contributed by atoms with van der Waals surface area (Å²) in [5, 5.41) is 13.0. The maximum Gasteiger partial charge on any atom is 0.338 e. The second kappa shape index (κ2) is 35.8. The normalized spacial score (nSPS) is 25.6. The van der Waals surface area contributed by atoms with Crippen molar-refractivity contribution in [3.63, 3.8) is 0 Å². The molecule has 2 amide bonds. The lowest BCUT2D eigenvalue weighted by Crippen LogP contribution is -2.70. The Labute approximate surface area is 593 Å². The Hall–Kier alpha value is -8.97. The molecule has 528 valence electrons. The molecule has 4 aliphatic rings. The molecule has 13 rings (SSSR count). The summed E-state index contributed by atoms with van der Waals surface area (Å²) in [5.41, 5.74) is 6.17. The van der Waals surface area contributed by atoms with Crippen LogP contribution in [0.3, 0.4) is 0 Å². The number of nitrogens with zero attached hydrogens (tertiary/aromatic N) is 1. The van der Waals surface area contributed by atoms with Crippen LogP contribution in [-0.2, 0) is 113 Å². The first kappa shape index (κ1) is 71.4. The van der Waals surface area contributed by atoms with Gasteiger partial charge in [0.25, 0.3) is 11.8 Å². The van der Waals surface area contributed by atoms with E-state index in [1.54, 1.807) is 49.6 Å². The van der Waals surface area contributed by atoms with Gasteiger partial charge in [0, 0.05) is 7.11 Å². The highest BCUT2D eigenvalue weighted by molar-refractivity contribution is 6.21. The first-order valence-corrected chi connectivity index (χ1v) is 34.4. The van der Waals surface area contributed by atoms with Crippen LogP contribution in [0.1, 0.15) is 70.0 Å². The molecule has 3 saturated heterocycles. The van der Waals surface area contributed by atoms with Crippen molar-refractivity contribution in [1.82, 2.24) is 4.90 Å². The highest BCUT2D eigenvalue weighted by Gasteiger charge is 2.60. The minimum atomic E-state index is -1.80.